The lowest BCUT2D eigenvalue weighted by Gasteiger charge is -2.06. The Labute approximate surface area is 98.7 Å². The fourth-order valence-electron chi connectivity index (χ4n) is 2.07. The quantitative estimate of drug-likeness (QED) is 0.521. The van der Waals surface area contributed by atoms with Gasteiger partial charge in [0.05, 0.1) is 11.0 Å². The normalized spacial score (nSPS) is 11.1. The molecule has 0 amide bonds. The minimum absolute atomic E-state index is 0.757. The monoisotopic (exact) mass is 227 g/mol. The van der Waals surface area contributed by atoms with E-state index in [-0.39, 0.29) is 0 Å². The molecule has 0 N–H and O–H groups in total. The number of fused-ring (bicyclic) bond motifs is 2. The first kappa shape index (κ1) is 9.61. The van der Waals surface area contributed by atoms with Crippen molar-refractivity contribution in [2.75, 3.05) is 0 Å². The third-order valence-electron chi connectivity index (χ3n) is 2.91. The van der Waals surface area contributed by atoms with Crippen molar-refractivity contribution >= 4 is 33.4 Å². The molecule has 16 heavy (non-hydrogen) atoms. The maximum atomic E-state index is 6.01. The van der Waals surface area contributed by atoms with Crippen LogP contribution in [0.3, 0.4) is 0 Å². The molecule has 0 aliphatic carbocycles. The van der Waals surface area contributed by atoms with E-state index in [1.54, 1.807) is 0 Å². The molecule has 1 heterocycles. The second-order valence-electron chi connectivity index (χ2n) is 3.92. The highest BCUT2D eigenvalue weighted by Crippen LogP contribution is 2.26. The number of rotatable bonds is 0. The van der Waals surface area contributed by atoms with E-state index in [1.165, 1.54) is 10.9 Å². The third kappa shape index (κ3) is 1.36. The zero-order valence-electron chi connectivity index (χ0n) is 8.87. The molecule has 0 aliphatic rings. The van der Waals surface area contributed by atoms with Gasteiger partial charge in [-0.25, -0.2) is 4.98 Å². The number of hydrogen-bond acceptors (Lipinski definition) is 1. The van der Waals surface area contributed by atoms with Gasteiger partial charge >= 0.3 is 0 Å². The molecule has 3 rings (SSSR count). The van der Waals surface area contributed by atoms with Gasteiger partial charge in [-0.15, -0.1) is 0 Å². The smallest absolute Gasteiger partial charge is 0.0713 e. The predicted octanol–water partition coefficient (Wildman–Crippen LogP) is 4.35. The Morgan fingerprint density at radius 2 is 1.69 bits per heavy atom. The minimum Gasteiger partial charge on any atom is -0.248 e. The molecule has 0 unspecified atom stereocenters. The van der Waals surface area contributed by atoms with E-state index in [4.69, 9.17) is 11.6 Å². The van der Waals surface area contributed by atoms with Gasteiger partial charge in [-0.2, -0.15) is 0 Å². The summed E-state index contributed by atoms with van der Waals surface area (Å²) < 4.78 is 0. The number of aryl methyl sites for hydroxylation is 1. The van der Waals surface area contributed by atoms with Gasteiger partial charge in [0, 0.05) is 15.8 Å². The van der Waals surface area contributed by atoms with Crippen molar-refractivity contribution in [3.05, 3.63) is 53.1 Å². The molecule has 0 radical (unpaired) electrons. The van der Waals surface area contributed by atoms with E-state index in [2.05, 4.69) is 18.0 Å². The molecule has 1 aromatic heterocycles. The van der Waals surface area contributed by atoms with Gasteiger partial charge < -0.3 is 0 Å². The largest absolute Gasteiger partial charge is 0.248 e. The standard InChI is InChI=1S/C14H10ClN/c1-9-11-4-2-3-5-13(11)16-14-7-6-10(15)8-12(9)14/h2-8H,1H3. The molecule has 0 saturated heterocycles. The van der Waals surface area contributed by atoms with Crippen LogP contribution in [0.25, 0.3) is 21.8 Å². The van der Waals surface area contributed by atoms with Gasteiger partial charge in [-0.1, -0.05) is 29.8 Å². The first-order valence-electron chi connectivity index (χ1n) is 5.20. The Morgan fingerprint density at radius 1 is 0.938 bits per heavy atom. The van der Waals surface area contributed by atoms with Crippen molar-refractivity contribution < 1.29 is 0 Å². The number of nitrogens with zero attached hydrogens (tertiary/aromatic N) is 1. The van der Waals surface area contributed by atoms with Crippen molar-refractivity contribution in [2.24, 2.45) is 0 Å². The first-order valence-corrected chi connectivity index (χ1v) is 5.58. The number of pyridine rings is 1. The topological polar surface area (TPSA) is 12.9 Å². The maximum Gasteiger partial charge on any atom is 0.0713 e. The van der Waals surface area contributed by atoms with Crippen LogP contribution in [0.5, 0.6) is 0 Å². The molecule has 78 valence electrons. The summed E-state index contributed by atoms with van der Waals surface area (Å²) in [5, 5.41) is 3.08. The van der Waals surface area contributed by atoms with Crippen molar-refractivity contribution in [1.29, 1.82) is 0 Å². The molecule has 0 fully saturated rings. The molecular formula is C14H10ClN. The average Bonchev–Trinajstić information content (AvgIpc) is 2.31. The summed E-state index contributed by atoms with van der Waals surface area (Å²) >= 11 is 6.01. The van der Waals surface area contributed by atoms with Gasteiger partial charge in [0.2, 0.25) is 0 Å². The van der Waals surface area contributed by atoms with E-state index < -0.39 is 0 Å². The SMILES string of the molecule is Cc1c2ccccc2nc2ccc(Cl)cc12. The lowest BCUT2D eigenvalue weighted by atomic mass is 10.0. The van der Waals surface area contributed by atoms with Crippen molar-refractivity contribution in [1.82, 2.24) is 4.98 Å². The fraction of sp³-hybridized carbons (Fsp3) is 0.0714. The molecule has 0 saturated carbocycles. The molecule has 1 nitrogen and oxygen atoms in total. The summed E-state index contributed by atoms with van der Waals surface area (Å²) in [4.78, 5) is 4.62. The molecule has 0 aliphatic heterocycles. The van der Waals surface area contributed by atoms with E-state index in [0.29, 0.717) is 0 Å². The second-order valence-corrected chi connectivity index (χ2v) is 4.35. The fourth-order valence-corrected chi connectivity index (χ4v) is 2.24. The zero-order chi connectivity index (χ0) is 11.1. The average molecular weight is 228 g/mol. The van der Waals surface area contributed by atoms with E-state index in [0.717, 1.165) is 21.4 Å². The Kier molecular flexibility index (Phi) is 2.08. The Hall–Kier alpha value is -1.60. The summed E-state index contributed by atoms with van der Waals surface area (Å²) in [5.41, 5.74) is 3.28. The highest BCUT2D eigenvalue weighted by Gasteiger charge is 2.04. The van der Waals surface area contributed by atoms with Crippen LogP contribution in [0.2, 0.25) is 5.02 Å². The molecular weight excluding hydrogens is 218 g/mol. The first-order chi connectivity index (χ1) is 7.75. The van der Waals surface area contributed by atoms with E-state index >= 15 is 0 Å². The van der Waals surface area contributed by atoms with Crippen LogP contribution in [0.4, 0.5) is 0 Å². The summed E-state index contributed by atoms with van der Waals surface area (Å²) in [7, 11) is 0. The van der Waals surface area contributed by atoms with Crippen LogP contribution in [0, 0.1) is 6.92 Å². The van der Waals surface area contributed by atoms with Crippen LogP contribution >= 0.6 is 11.6 Å². The zero-order valence-corrected chi connectivity index (χ0v) is 9.62. The highest BCUT2D eigenvalue weighted by atomic mass is 35.5. The van der Waals surface area contributed by atoms with Gasteiger partial charge in [0.1, 0.15) is 0 Å². The third-order valence-corrected chi connectivity index (χ3v) is 3.15. The summed E-state index contributed by atoms with van der Waals surface area (Å²) in [5.74, 6) is 0. The molecule has 0 bridgehead atoms. The van der Waals surface area contributed by atoms with Crippen LogP contribution < -0.4 is 0 Å². The van der Waals surface area contributed by atoms with Crippen molar-refractivity contribution in [3.63, 3.8) is 0 Å². The van der Waals surface area contributed by atoms with Crippen molar-refractivity contribution in [2.45, 2.75) is 6.92 Å². The molecule has 0 spiro atoms. The van der Waals surface area contributed by atoms with Crippen LogP contribution in [-0.4, -0.2) is 4.98 Å². The van der Waals surface area contributed by atoms with Crippen molar-refractivity contribution in [3.8, 4) is 0 Å². The Bertz CT molecular complexity index is 689. The van der Waals surface area contributed by atoms with Crippen LogP contribution in [0.15, 0.2) is 42.5 Å². The number of para-hydroxylation sites is 1. The van der Waals surface area contributed by atoms with Crippen LogP contribution in [-0.2, 0) is 0 Å². The van der Waals surface area contributed by atoms with Gasteiger partial charge in [0.25, 0.3) is 0 Å². The number of hydrogen-bond donors (Lipinski definition) is 0. The number of aromatic nitrogens is 1. The Morgan fingerprint density at radius 3 is 2.56 bits per heavy atom. The number of halogens is 1. The summed E-state index contributed by atoms with van der Waals surface area (Å²) in [6.07, 6.45) is 0. The summed E-state index contributed by atoms with van der Waals surface area (Å²) in [6.45, 7) is 2.11. The highest BCUT2D eigenvalue weighted by molar-refractivity contribution is 6.31. The van der Waals surface area contributed by atoms with E-state index in [9.17, 15) is 0 Å². The van der Waals surface area contributed by atoms with Gasteiger partial charge in [-0.05, 0) is 36.8 Å². The summed E-state index contributed by atoms with van der Waals surface area (Å²) in [6, 6.07) is 14.0. The minimum atomic E-state index is 0.757. The van der Waals surface area contributed by atoms with Gasteiger partial charge in [-0.3, -0.25) is 0 Å². The molecule has 3 aromatic rings. The maximum absolute atomic E-state index is 6.01. The molecule has 2 aromatic carbocycles. The van der Waals surface area contributed by atoms with Gasteiger partial charge in [0.15, 0.2) is 0 Å². The Balaban J connectivity index is 2.56. The van der Waals surface area contributed by atoms with Crippen LogP contribution in [0.1, 0.15) is 5.56 Å². The predicted molar refractivity (Wildman–Crippen MR) is 69.0 cm³/mol. The lowest BCUT2D eigenvalue weighted by Crippen LogP contribution is -1.87. The lowest BCUT2D eigenvalue weighted by molar-refractivity contribution is 1.45. The molecule has 2 heteroatoms. The number of benzene rings is 2. The van der Waals surface area contributed by atoms with E-state index in [1.807, 2.05) is 36.4 Å². The molecule has 0 atom stereocenters. The second kappa shape index (κ2) is 3.46.